The van der Waals surface area contributed by atoms with Gasteiger partial charge in [0.05, 0.1) is 5.56 Å². The molecule has 1 aliphatic heterocycles. The van der Waals surface area contributed by atoms with Gasteiger partial charge < -0.3 is 14.6 Å². The summed E-state index contributed by atoms with van der Waals surface area (Å²) < 4.78 is 1.47. The Morgan fingerprint density at radius 2 is 1.89 bits per heavy atom. The molecule has 1 fully saturated rings. The molecule has 2 rings (SSSR count). The second kappa shape index (κ2) is 5.99. The SMILES string of the molecule is CN1CCN(CCn2cc(C(=O)O)ccc2=O)CC1. The molecule has 1 N–H and O–H groups in total. The van der Waals surface area contributed by atoms with Gasteiger partial charge in [-0.25, -0.2) is 4.79 Å². The summed E-state index contributed by atoms with van der Waals surface area (Å²) >= 11 is 0. The van der Waals surface area contributed by atoms with Crippen molar-refractivity contribution in [1.82, 2.24) is 14.4 Å². The van der Waals surface area contributed by atoms with Gasteiger partial charge >= 0.3 is 5.97 Å². The van der Waals surface area contributed by atoms with E-state index in [0.29, 0.717) is 6.54 Å². The van der Waals surface area contributed by atoms with Crippen LogP contribution >= 0.6 is 0 Å². The topological polar surface area (TPSA) is 65.8 Å². The lowest BCUT2D eigenvalue weighted by atomic mass is 10.3. The average Bonchev–Trinajstić information content (AvgIpc) is 2.39. The van der Waals surface area contributed by atoms with Crippen LogP contribution in [0.2, 0.25) is 0 Å². The molecule has 0 saturated carbocycles. The zero-order chi connectivity index (χ0) is 13.8. The number of rotatable bonds is 4. The van der Waals surface area contributed by atoms with Gasteiger partial charge in [-0.1, -0.05) is 0 Å². The Bertz CT molecular complexity index is 504. The quantitative estimate of drug-likeness (QED) is 0.816. The molecule has 0 aromatic carbocycles. The minimum atomic E-state index is -1.01. The molecule has 6 nitrogen and oxygen atoms in total. The average molecular weight is 265 g/mol. The van der Waals surface area contributed by atoms with E-state index < -0.39 is 5.97 Å². The van der Waals surface area contributed by atoms with Gasteiger partial charge in [-0.15, -0.1) is 0 Å². The smallest absolute Gasteiger partial charge is 0.337 e. The predicted octanol–water partition coefficient (Wildman–Crippen LogP) is -0.206. The van der Waals surface area contributed by atoms with Crippen LogP contribution in [0.4, 0.5) is 0 Å². The summed E-state index contributed by atoms with van der Waals surface area (Å²) in [5.41, 5.74) is -0.00268. The lowest BCUT2D eigenvalue weighted by molar-refractivity contribution is 0.0695. The van der Waals surface area contributed by atoms with Gasteiger partial charge in [-0.2, -0.15) is 0 Å². The van der Waals surface area contributed by atoms with E-state index in [2.05, 4.69) is 16.8 Å². The largest absolute Gasteiger partial charge is 0.478 e. The van der Waals surface area contributed by atoms with E-state index in [9.17, 15) is 9.59 Å². The van der Waals surface area contributed by atoms with Gasteiger partial charge in [0.15, 0.2) is 0 Å². The third-order valence-corrected chi connectivity index (χ3v) is 3.48. The number of likely N-dealkylation sites (N-methyl/N-ethyl adjacent to an activating group) is 1. The Morgan fingerprint density at radius 1 is 1.21 bits per heavy atom. The summed E-state index contributed by atoms with van der Waals surface area (Å²) in [5.74, 6) is -1.01. The zero-order valence-corrected chi connectivity index (χ0v) is 11.1. The number of carboxylic acids is 1. The normalized spacial score (nSPS) is 17.5. The summed E-state index contributed by atoms with van der Waals surface area (Å²) in [4.78, 5) is 27.1. The van der Waals surface area contributed by atoms with Crippen LogP contribution in [0, 0.1) is 0 Å². The Labute approximate surface area is 111 Å². The molecule has 19 heavy (non-hydrogen) atoms. The summed E-state index contributed by atoms with van der Waals surface area (Å²) in [7, 11) is 2.10. The van der Waals surface area contributed by atoms with Gasteiger partial charge in [0.25, 0.3) is 5.56 Å². The van der Waals surface area contributed by atoms with E-state index >= 15 is 0 Å². The minimum absolute atomic E-state index is 0.151. The molecule has 104 valence electrons. The van der Waals surface area contributed by atoms with Crippen LogP contribution < -0.4 is 5.56 Å². The molecule has 1 saturated heterocycles. The molecule has 0 atom stereocenters. The highest BCUT2D eigenvalue weighted by Gasteiger charge is 2.13. The highest BCUT2D eigenvalue weighted by molar-refractivity contribution is 5.87. The molecule has 0 amide bonds. The Morgan fingerprint density at radius 3 is 2.53 bits per heavy atom. The molecule has 0 aliphatic carbocycles. The molecular formula is C13H19N3O3. The second-order valence-corrected chi connectivity index (χ2v) is 4.90. The highest BCUT2D eigenvalue weighted by Crippen LogP contribution is 2.00. The van der Waals surface area contributed by atoms with E-state index in [4.69, 9.17) is 5.11 Å². The van der Waals surface area contributed by atoms with Gasteiger partial charge in [-0.05, 0) is 13.1 Å². The maximum atomic E-state index is 11.7. The molecule has 1 aromatic heterocycles. The molecule has 1 aliphatic rings. The third-order valence-electron chi connectivity index (χ3n) is 3.48. The van der Waals surface area contributed by atoms with E-state index in [1.807, 2.05) is 0 Å². The van der Waals surface area contributed by atoms with Crippen molar-refractivity contribution in [3.8, 4) is 0 Å². The van der Waals surface area contributed by atoms with Crippen molar-refractivity contribution in [2.75, 3.05) is 39.8 Å². The van der Waals surface area contributed by atoms with Crippen molar-refractivity contribution >= 4 is 5.97 Å². The van der Waals surface area contributed by atoms with Crippen LogP contribution in [0.5, 0.6) is 0 Å². The lowest BCUT2D eigenvalue weighted by Crippen LogP contribution is -2.45. The lowest BCUT2D eigenvalue weighted by Gasteiger charge is -2.32. The summed E-state index contributed by atoms with van der Waals surface area (Å²) in [6.07, 6.45) is 1.42. The van der Waals surface area contributed by atoms with Crippen molar-refractivity contribution < 1.29 is 9.90 Å². The fourth-order valence-electron chi connectivity index (χ4n) is 2.15. The van der Waals surface area contributed by atoms with Crippen molar-refractivity contribution in [2.45, 2.75) is 6.54 Å². The van der Waals surface area contributed by atoms with Crippen LogP contribution in [-0.2, 0) is 6.54 Å². The summed E-state index contributed by atoms with van der Waals surface area (Å²) in [6.45, 7) is 5.35. The highest BCUT2D eigenvalue weighted by atomic mass is 16.4. The Balaban J connectivity index is 1.97. The predicted molar refractivity (Wildman–Crippen MR) is 71.6 cm³/mol. The Hall–Kier alpha value is -1.66. The monoisotopic (exact) mass is 265 g/mol. The van der Waals surface area contributed by atoms with E-state index in [-0.39, 0.29) is 11.1 Å². The molecule has 6 heteroatoms. The number of piperazine rings is 1. The number of carboxylic acid groups (broad SMARTS) is 1. The minimum Gasteiger partial charge on any atom is -0.478 e. The standard InChI is InChI=1S/C13H19N3O3/c1-14-4-6-15(7-5-14)8-9-16-10-11(13(18)19)2-3-12(16)17/h2-3,10H,4-9H2,1H3,(H,18,19). The van der Waals surface area contributed by atoms with Gasteiger partial charge in [0, 0.05) is 51.5 Å². The number of hydrogen-bond donors (Lipinski definition) is 1. The number of aromatic carboxylic acids is 1. The first kappa shape index (κ1) is 13.8. The molecule has 2 heterocycles. The number of hydrogen-bond acceptors (Lipinski definition) is 4. The van der Waals surface area contributed by atoms with Crippen LogP contribution in [0.3, 0.4) is 0 Å². The van der Waals surface area contributed by atoms with Gasteiger partial charge in [0.2, 0.25) is 0 Å². The maximum absolute atomic E-state index is 11.7. The molecule has 0 unspecified atom stereocenters. The fourth-order valence-corrected chi connectivity index (χ4v) is 2.15. The first-order chi connectivity index (χ1) is 9.06. The van der Waals surface area contributed by atoms with Crippen molar-refractivity contribution in [1.29, 1.82) is 0 Å². The van der Waals surface area contributed by atoms with Crippen molar-refractivity contribution in [3.63, 3.8) is 0 Å². The molecule has 0 bridgehead atoms. The molecule has 0 spiro atoms. The van der Waals surface area contributed by atoms with Crippen LogP contribution in [0.1, 0.15) is 10.4 Å². The van der Waals surface area contributed by atoms with Crippen LogP contribution in [0.25, 0.3) is 0 Å². The van der Waals surface area contributed by atoms with Gasteiger partial charge in [0.1, 0.15) is 0 Å². The van der Waals surface area contributed by atoms with Crippen molar-refractivity contribution in [3.05, 3.63) is 34.2 Å². The van der Waals surface area contributed by atoms with Crippen LogP contribution in [0.15, 0.2) is 23.1 Å². The second-order valence-electron chi connectivity index (χ2n) is 4.90. The number of carbonyl (C=O) groups is 1. The third kappa shape index (κ3) is 3.65. The first-order valence-electron chi connectivity index (χ1n) is 6.41. The Kier molecular flexibility index (Phi) is 4.34. The summed E-state index contributed by atoms with van der Waals surface area (Å²) in [6, 6.07) is 2.66. The molecule has 0 radical (unpaired) electrons. The summed E-state index contributed by atoms with van der Waals surface area (Å²) in [5, 5.41) is 8.91. The molecule has 1 aromatic rings. The zero-order valence-electron chi connectivity index (χ0n) is 11.1. The van der Waals surface area contributed by atoms with Gasteiger partial charge in [-0.3, -0.25) is 9.69 Å². The first-order valence-corrected chi connectivity index (χ1v) is 6.41. The maximum Gasteiger partial charge on any atom is 0.337 e. The molecular weight excluding hydrogens is 246 g/mol. The van der Waals surface area contributed by atoms with Crippen LogP contribution in [-0.4, -0.2) is 65.2 Å². The van der Waals surface area contributed by atoms with E-state index in [1.165, 1.54) is 22.9 Å². The fraction of sp³-hybridized carbons (Fsp3) is 0.538. The number of pyridine rings is 1. The van der Waals surface area contributed by atoms with Crippen molar-refractivity contribution in [2.24, 2.45) is 0 Å². The number of aromatic nitrogens is 1. The number of nitrogens with zero attached hydrogens (tertiary/aromatic N) is 3. The van der Waals surface area contributed by atoms with E-state index in [0.717, 1.165) is 32.7 Å². The van der Waals surface area contributed by atoms with E-state index in [1.54, 1.807) is 0 Å².